The van der Waals surface area contributed by atoms with Crippen molar-refractivity contribution in [2.45, 2.75) is 19.0 Å². The van der Waals surface area contributed by atoms with Gasteiger partial charge in [-0.05, 0) is 29.1 Å². The summed E-state index contributed by atoms with van der Waals surface area (Å²) in [5.74, 6) is 0.0198. The largest absolute Gasteiger partial charge is 0.336 e. The molecule has 0 spiro atoms. The van der Waals surface area contributed by atoms with Crippen molar-refractivity contribution < 1.29 is 9.59 Å². The van der Waals surface area contributed by atoms with E-state index < -0.39 is 0 Å². The fourth-order valence-corrected chi connectivity index (χ4v) is 3.34. The summed E-state index contributed by atoms with van der Waals surface area (Å²) in [6, 6.07) is 10.7. The minimum atomic E-state index is -0.287. The van der Waals surface area contributed by atoms with Crippen LogP contribution in [0, 0.1) is 0 Å². The number of hydrogen-bond acceptors (Lipinski definition) is 3. The minimum Gasteiger partial charge on any atom is -0.336 e. The van der Waals surface area contributed by atoms with Crippen LogP contribution < -0.4 is 10.6 Å². The van der Waals surface area contributed by atoms with Crippen LogP contribution in [0.2, 0.25) is 5.02 Å². The van der Waals surface area contributed by atoms with Gasteiger partial charge < -0.3 is 10.2 Å². The lowest BCUT2D eigenvalue weighted by Crippen LogP contribution is -2.39. The van der Waals surface area contributed by atoms with Crippen LogP contribution in [0.15, 0.2) is 41.8 Å². The molecule has 2 aromatic rings. The SMILES string of the molecule is O=C(Nc1cccs1)N[C@@H]1CC(=O)N(Cc2ccccc2Cl)C1. The van der Waals surface area contributed by atoms with Crippen molar-refractivity contribution in [3.8, 4) is 0 Å². The van der Waals surface area contributed by atoms with Gasteiger partial charge in [0.25, 0.3) is 0 Å². The molecule has 3 rings (SSSR count). The van der Waals surface area contributed by atoms with Crippen molar-refractivity contribution in [1.82, 2.24) is 10.2 Å². The zero-order valence-corrected chi connectivity index (χ0v) is 13.9. The standard InChI is InChI=1S/C16H16ClN3O2S/c17-13-5-2-1-4-11(13)9-20-10-12(8-15(20)21)18-16(22)19-14-6-3-7-23-14/h1-7,12H,8-10H2,(H2,18,19,22)/t12-/m1/s1. The monoisotopic (exact) mass is 349 g/mol. The fraction of sp³-hybridized carbons (Fsp3) is 0.250. The fourth-order valence-electron chi connectivity index (χ4n) is 2.54. The molecule has 1 aliphatic heterocycles. The van der Waals surface area contributed by atoms with E-state index in [9.17, 15) is 9.59 Å². The number of carbonyl (C=O) groups is 2. The number of urea groups is 1. The van der Waals surface area contributed by atoms with Gasteiger partial charge in [0.1, 0.15) is 0 Å². The second kappa shape index (κ2) is 7.02. The number of nitrogens with one attached hydrogen (secondary N) is 2. The summed E-state index contributed by atoms with van der Waals surface area (Å²) in [7, 11) is 0. The van der Waals surface area contributed by atoms with Crippen LogP contribution in [0.4, 0.5) is 9.80 Å². The lowest BCUT2D eigenvalue weighted by atomic mass is 10.2. The predicted octanol–water partition coefficient (Wildman–Crippen LogP) is 3.32. The molecule has 0 radical (unpaired) electrons. The van der Waals surface area contributed by atoms with Crippen LogP contribution in [-0.4, -0.2) is 29.4 Å². The van der Waals surface area contributed by atoms with Crippen LogP contribution in [0.1, 0.15) is 12.0 Å². The highest BCUT2D eigenvalue weighted by molar-refractivity contribution is 7.14. The maximum atomic E-state index is 12.1. The topological polar surface area (TPSA) is 61.4 Å². The summed E-state index contributed by atoms with van der Waals surface area (Å²) >= 11 is 7.58. The Morgan fingerprint density at radius 1 is 1.30 bits per heavy atom. The van der Waals surface area contributed by atoms with E-state index in [1.807, 2.05) is 41.8 Å². The summed E-state index contributed by atoms with van der Waals surface area (Å²) in [6.07, 6.45) is 0.308. The third-order valence-electron chi connectivity index (χ3n) is 3.63. The number of likely N-dealkylation sites (tertiary alicyclic amines) is 1. The molecule has 7 heteroatoms. The van der Waals surface area contributed by atoms with E-state index in [2.05, 4.69) is 10.6 Å². The molecular weight excluding hydrogens is 334 g/mol. The van der Waals surface area contributed by atoms with Gasteiger partial charge in [0.15, 0.2) is 0 Å². The molecule has 1 saturated heterocycles. The molecule has 1 aliphatic rings. The summed E-state index contributed by atoms with van der Waals surface area (Å²) in [4.78, 5) is 25.8. The van der Waals surface area contributed by atoms with Crippen LogP contribution in [-0.2, 0) is 11.3 Å². The summed E-state index contributed by atoms with van der Waals surface area (Å²) in [5, 5.41) is 8.91. The van der Waals surface area contributed by atoms with E-state index in [0.29, 0.717) is 24.5 Å². The van der Waals surface area contributed by atoms with E-state index in [0.717, 1.165) is 10.6 Å². The van der Waals surface area contributed by atoms with Crippen molar-refractivity contribution in [2.75, 3.05) is 11.9 Å². The number of thiophene rings is 1. The summed E-state index contributed by atoms with van der Waals surface area (Å²) in [6.45, 7) is 0.950. The Labute approximate surface area is 143 Å². The molecule has 1 fully saturated rings. The average Bonchev–Trinajstić information content (AvgIpc) is 3.12. The van der Waals surface area contributed by atoms with E-state index in [4.69, 9.17) is 11.6 Å². The number of nitrogens with zero attached hydrogens (tertiary/aromatic N) is 1. The van der Waals surface area contributed by atoms with Crippen molar-refractivity contribution >= 4 is 39.9 Å². The molecule has 1 atom stereocenters. The van der Waals surface area contributed by atoms with Crippen molar-refractivity contribution in [2.24, 2.45) is 0 Å². The maximum Gasteiger partial charge on any atom is 0.320 e. The van der Waals surface area contributed by atoms with Crippen LogP contribution in [0.25, 0.3) is 0 Å². The third kappa shape index (κ3) is 4.03. The Kier molecular flexibility index (Phi) is 4.83. The Hall–Kier alpha value is -2.05. The number of rotatable bonds is 4. The van der Waals surface area contributed by atoms with Gasteiger partial charge in [-0.3, -0.25) is 10.1 Å². The number of carbonyl (C=O) groups excluding carboxylic acids is 2. The molecule has 23 heavy (non-hydrogen) atoms. The second-order valence-electron chi connectivity index (χ2n) is 5.34. The first-order valence-corrected chi connectivity index (χ1v) is 8.50. The van der Waals surface area contributed by atoms with Gasteiger partial charge in [-0.25, -0.2) is 4.79 Å². The van der Waals surface area contributed by atoms with E-state index in [1.165, 1.54) is 11.3 Å². The average molecular weight is 350 g/mol. The molecule has 0 saturated carbocycles. The molecule has 1 aromatic carbocycles. The van der Waals surface area contributed by atoms with Crippen molar-refractivity contribution in [3.05, 3.63) is 52.4 Å². The Morgan fingerprint density at radius 3 is 2.87 bits per heavy atom. The highest BCUT2D eigenvalue weighted by Gasteiger charge is 2.30. The predicted molar refractivity (Wildman–Crippen MR) is 91.7 cm³/mol. The molecule has 2 heterocycles. The molecule has 0 bridgehead atoms. The number of anilines is 1. The lowest BCUT2D eigenvalue weighted by molar-refractivity contribution is -0.128. The molecule has 3 amide bonds. The Bertz CT molecular complexity index is 705. The first-order chi connectivity index (χ1) is 11.1. The van der Waals surface area contributed by atoms with Crippen LogP contribution in [0.5, 0.6) is 0 Å². The molecule has 1 aromatic heterocycles. The van der Waals surface area contributed by atoms with Gasteiger partial charge in [0, 0.05) is 24.5 Å². The first kappa shape index (κ1) is 15.8. The van der Waals surface area contributed by atoms with Gasteiger partial charge in [-0.15, -0.1) is 11.3 Å². The van der Waals surface area contributed by atoms with E-state index in [-0.39, 0.29) is 18.0 Å². The number of halogens is 1. The van der Waals surface area contributed by atoms with Crippen LogP contribution in [0.3, 0.4) is 0 Å². The van der Waals surface area contributed by atoms with Gasteiger partial charge >= 0.3 is 6.03 Å². The highest BCUT2D eigenvalue weighted by atomic mass is 35.5. The molecule has 0 unspecified atom stereocenters. The zero-order chi connectivity index (χ0) is 16.2. The maximum absolute atomic E-state index is 12.1. The van der Waals surface area contributed by atoms with E-state index >= 15 is 0 Å². The van der Waals surface area contributed by atoms with Gasteiger partial charge in [-0.2, -0.15) is 0 Å². The highest BCUT2D eigenvalue weighted by Crippen LogP contribution is 2.21. The second-order valence-corrected chi connectivity index (χ2v) is 6.70. The lowest BCUT2D eigenvalue weighted by Gasteiger charge is -2.18. The van der Waals surface area contributed by atoms with Crippen molar-refractivity contribution in [3.63, 3.8) is 0 Å². The number of hydrogen-bond donors (Lipinski definition) is 2. The first-order valence-electron chi connectivity index (χ1n) is 7.24. The molecule has 2 N–H and O–H groups in total. The quantitative estimate of drug-likeness (QED) is 0.889. The van der Waals surface area contributed by atoms with Crippen molar-refractivity contribution in [1.29, 1.82) is 0 Å². The zero-order valence-electron chi connectivity index (χ0n) is 12.3. The molecule has 0 aliphatic carbocycles. The molecule has 120 valence electrons. The van der Waals surface area contributed by atoms with Gasteiger partial charge in [0.05, 0.1) is 11.0 Å². The number of benzene rings is 1. The van der Waals surface area contributed by atoms with Gasteiger partial charge in [-0.1, -0.05) is 29.8 Å². The van der Waals surface area contributed by atoms with E-state index in [1.54, 1.807) is 4.90 Å². The molecular formula is C16H16ClN3O2S. The smallest absolute Gasteiger partial charge is 0.320 e. The summed E-state index contributed by atoms with van der Waals surface area (Å²) < 4.78 is 0. The van der Waals surface area contributed by atoms with Gasteiger partial charge in [0.2, 0.25) is 5.91 Å². The minimum absolute atomic E-state index is 0.0198. The van der Waals surface area contributed by atoms with Crippen LogP contribution >= 0.6 is 22.9 Å². The Balaban J connectivity index is 1.55. The normalized spacial score (nSPS) is 17.3. The third-order valence-corrected chi connectivity index (χ3v) is 4.78. The summed E-state index contributed by atoms with van der Waals surface area (Å²) in [5.41, 5.74) is 0.909. The molecule has 5 nitrogen and oxygen atoms in total. The number of amides is 3. The Morgan fingerprint density at radius 2 is 2.13 bits per heavy atom.